The summed E-state index contributed by atoms with van der Waals surface area (Å²) in [6.45, 7) is 6.67. The highest BCUT2D eigenvalue weighted by Crippen LogP contribution is 2.28. The Morgan fingerprint density at radius 1 is 1.47 bits per heavy atom. The number of nitrogens with one attached hydrogen (secondary N) is 2. The molecule has 1 aromatic rings. The normalized spacial score (nSPS) is 20.5. The minimum absolute atomic E-state index is 0.0282. The van der Waals surface area contributed by atoms with Gasteiger partial charge in [-0.1, -0.05) is 32.1 Å². The van der Waals surface area contributed by atoms with Crippen molar-refractivity contribution in [2.45, 2.75) is 39.7 Å². The first-order valence-corrected chi connectivity index (χ1v) is 6.67. The summed E-state index contributed by atoms with van der Waals surface area (Å²) in [5.41, 5.74) is -0.405. The number of anilines is 1. The van der Waals surface area contributed by atoms with Crippen molar-refractivity contribution < 1.29 is 4.79 Å². The topological polar surface area (TPSA) is 66.9 Å². The SMILES string of the molecule is CC(C)(C)C(=O)Nc1nnc(C2CCCN2)s1. The molecule has 1 aromatic heterocycles. The number of amides is 1. The van der Waals surface area contributed by atoms with E-state index in [4.69, 9.17) is 0 Å². The summed E-state index contributed by atoms with van der Waals surface area (Å²) >= 11 is 1.46. The molecular formula is C11H18N4OS. The summed E-state index contributed by atoms with van der Waals surface area (Å²) in [7, 11) is 0. The van der Waals surface area contributed by atoms with Crippen molar-refractivity contribution in [3.63, 3.8) is 0 Å². The highest BCUT2D eigenvalue weighted by atomic mass is 32.1. The lowest BCUT2D eigenvalue weighted by atomic mass is 9.96. The lowest BCUT2D eigenvalue weighted by Crippen LogP contribution is -2.27. The first-order valence-electron chi connectivity index (χ1n) is 5.85. The molecule has 2 heterocycles. The van der Waals surface area contributed by atoms with Gasteiger partial charge in [-0.2, -0.15) is 0 Å². The second kappa shape index (κ2) is 4.70. The smallest absolute Gasteiger partial charge is 0.231 e. The van der Waals surface area contributed by atoms with Gasteiger partial charge in [-0.25, -0.2) is 0 Å². The Morgan fingerprint density at radius 2 is 2.24 bits per heavy atom. The third-order valence-electron chi connectivity index (χ3n) is 2.70. The lowest BCUT2D eigenvalue weighted by Gasteiger charge is -2.15. The largest absolute Gasteiger partial charge is 0.308 e. The number of aromatic nitrogens is 2. The molecule has 0 saturated carbocycles. The van der Waals surface area contributed by atoms with Crippen LogP contribution in [0, 0.1) is 5.41 Å². The molecule has 6 heteroatoms. The van der Waals surface area contributed by atoms with Crippen LogP contribution in [0.2, 0.25) is 0 Å². The molecule has 1 atom stereocenters. The minimum Gasteiger partial charge on any atom is -0.308 e. The van der Waals surface area contributed by atoms with E-state index < -0.39 is 5.41 Å². The van der Waals surface area contributed by atoms with Gasteiger partial charge in [0, 0.05) is 5.41 Å². The molecule has 0 bridgehead atoms. The zero-order valence-electron chi connectivity index (χ0n) is 10.4. The number of hydrogen-bond acceptors (Lipinski definition) is 5. The van der Waals surface area contributed by atoms with Crippen molar-refractivity contribution in [3.05, 3.63) is 5.01 Å². The fraction of sp³-hybridized carbons (Fsp3) is 0.727. The second-order valence-electron chi connectivity index (χ2n) is 5.30. The Morgan fingerprint density at radius 3 is 2.82 bits per heavy atom. The number of nitrogens with zero attached hydrogens (tertiary/aromatic N) is 2. The molecule has 0 spiro atoms. The first kappa shape index (κ1) is 12.4. The van der Waals surface area contributed by atoms with Crippen LogP contribution in [0.5, 0.6) is 0 Å². The van der Waals surface area contributed by atoms with Crippen molar-refractivity contribution in [3.8, 4) is 0 Å². The monoisotopic (exact) mass is 254 g/mol. The molecule has 2 N–H and O–H groups in total. The average molecular weight is 254 g/mol. The highest BCUT2D eigenvalue weighted by molar-refractivity contribution is 7.15. The maximum atomic E-state index is 11.8. The van der Waals surface area contributed by atoms with Crippen molar-refractivity contribution in [1.29, 1.82) is 0 Å². The van der Waals surface area contributed by atoms with Crippen LogP contribution in [0.1, 0.15) is 44.7 Å². The van der Waals surface area contributed by atoms with E-state index in [2.05, 4.69) is 20.8 Å². The van der Waals surface area contributed by atoms with Gasteiger partial charge in [0.25, 0.3) is 0 Å². The third kappa shape index (κ3) is 3.01. The van der Waals surface area contributed by atoms with Crippen LogP contribution >= 0.6 is 11.3 Å². The van der Waals surface area contributed by atoms with Gasteiger partial charge >= 0.3 is 0 Å². The van der Waals surface area contributed by atoms with E-state index in [1.54, 1.807) is 0 Å². The van der Waals surface area contributed by atoms with Crippen LogP contribution in [0.4, 0.5) is 5.13 Å². The fourth-order valence-electron chi connectivity index (χ4n) is 1.61. The standard InChI is InChI=1S/C11H18N4OS/c1-11(2,3)9(16)13-10-15-14-8(17-10)7-5-4-6-12-7/h7,12H,4-6H2,1-3H3,(H,13,15,16). The van der Waals surface area contributed by atoms with Crippen molar-refractivity contribution in [2.24, 2.45) is 5.41 Å². The van der Waals surface area contributed by atoms with E-state index in [-0.39, 0.29) is 5.91 Å². The van der Waals surface area contributed by atoms with Crippen molar-refractivity contribution in [2.75, 3.05) is 11.9 Å². The number of carbonyl (C=O) groups excluding carboxylic acids is 1. The predicted octanol–water partition coefficient (Wildman–Crippen LogP) is 1.95. The van der Waals surface area contributed by atoms with E-state index >= 15 is 0 Å². The van der Waals surface area contributed by atoms with E-state index in [1.165, 1.54) is 17.8 Å². The Balaban J connectivity index is 2.01. The molecule has 17 heavy (non-hydrogen) atoms. The van der Waals surface area contributed by atoms with Gasteiger partial charge in [0.15, 0.2) is 0 Å². The molecule has 1 amide bonds. The maximum absolute atomic E-state index is 11.8. The van der Waals surface area contributed by atoms with Gasteiger partial charge in [0.05, 0.1) is 6.04 Å². The Kier molecular flexibility index (Phi) is 3.44. The predicted molar refractivity (Wildman–Crippen MR) is 68.0 cm³/mol. The molecular weight excluding hydrogens is 236 g/mol. The molecule has 5 nitrogen and oxygen atoms in total. The molecule has 1 aliphatic rings. The van der Waals surface area contributed by atoms with Crippen molar-refractivity contribution in [1.82, 2.24) is 15.5 Å². The average Bonchev–Trinajstić information content (AvgIpc) is 2.83. The summed E-state index contributed by atoms with van der Waals surface area (Å²) in [4.78, 5) is 11.8. The summed E-state index contributed by atoms with van der Waals surface area (Å²) in [5, 5.41) is 15.9. The molecule has 94 valence electrons. The highest BCUT2D eigenvalue weighted by Gasteiger charge is 2.24. The number of rotatable bonds is 2. The molecule has 0 aromatic carbocycles. The number of hydrogen-bond donors (Lipinski definition) is 2. The quantitative estimate of drug-likeness (QED) is 0.846. The van der Waals surface area contributed by atoms with E-state index in [0.29, 0.717) is 11.2 Å². The van der Waals surface area contributed by atoms with Gasteiger partial charge in [-0.3, -0.25) is 4.79 Å². The first-order chi connectivity index (χ1) is 7.97. The van der Waals surface area contributed by atoms with Crippen LogP contribution in [0.25, 0.3) is 0 Å². The van der Waals surface area contributed by atoms with Crippen molar-refractivity contribution >= 4 is 22.4 Å². The summed E-state index contributed by atoms with van der Waals surface area (Å²) in [6, 6.07) is 0.313. The van der Waals surface area contributed by atoms with E-state index in [9.17, 15) is 4.79 Å². The van der Waals surface area contributed by atoms with Gasteiger partial charge in [-0.15, -0.1) is 10.2 Å². The van der Waals surface area contributed by atoms with Gasteiger partial charge in [0.2, 0.25) is 11.0 Å². The van der Waals surface area contributed by atoms with E-state index in [0.717, 1.165) is 18.0 Å². The summed E-state index contributed by atoms with van der Waals surface area (Å²) in [5.74, 6) is -0.0282. The summed E-state index contributed by atoms with van der Waals surface area (Å²) in [6.07, 6.45) is 2.27. The van der Waals surface area contributed by atoms with E-state index in [1.807, 2.05) is 20.8 Å². The van der Waals surface area contributed by atoms with Gasteiger partial charge in [-0.05, 0) is 19.4 Å². The zero-order valence-corrected chi connectivity index (χ0v) is 11.2. The van der Waals surface area contributed by atoms with Crippen LogP contribution < -0.4 is 10.6 Å². The minimum atomic E-state index is -0.405. The van der Waals surface area contributed by atoms with Crippen LogP contribution in [0.15, 0.2) is 0 Å². The lowest BCUT2D eigenvalue weighted by molar-refractivity contribution is -0.123. The Hall–Kier alpha value is -1.01. The molecule has 1 saturated heterocycles. The van der Waals surface area contributed by atoms with Crippen LogP contribution in [0.3, 0.4) is 0 Å². The molecule has 0 radical (unpaired) electrons. The molecule has 1 unspecified atom stereocenters. The number of carbonyl (C=O) groups is 1. The summed E-state index contributed by atoms with van der Waals surface area (Å²) < 4.78 is 0. The maximum Gasteiger partial charge on any atom is 0.231 e. The molecule has 1 aliphatic heterocycles. The molecule has 1 fully saturated rings. The fourth-order valence-corrected chi connectivity index (χ4v) is 2.45. The molecule has 2 rings (SSSR count). The zero-order chi connectivity index (χ0) is 12.5. The Bertz CT molecular complexity index is 404. The van der Waals surface area contributed by atoms with Gasteiger partial charge < -0.3 is 10.6 Å². The van der Waals surface area contributed by atoms with Gasteiger partial charge in [0.1, 0.15) is 5.01 Å². The third-order valence-corrected chi connectivity index (χ3v) is 3.65. The molecule has 0 aliphatic carbocycles. The van der Waals surface area contributed by atoms with Crippen LogP contribution in [-0.4, -0.2) is 22.6 Å². The Labute approximate surface area is 105 Å². The second-order valence-corrected chi connectivity index (χ2v) is 6.31. The van der Waals surface area contributed by atoms with Crippen LogP contribution in [-0.2, 0) is 4.79 Å².